The van der Waals surface area contributed by atoms with Gasteiger partial charge >= 0.3 is 0 Å². The minimum Gasteiger partial charge on any atom is -0.367 e. The lowest BCUT2D eigenvalue weighted by Gasteiger charge is -2.56. The van der Waals surface area contributed by atoms with E-state index in [4.69, 9.17) is 0 Å². The largest absolute Gasteiger partial charge is 0.367 e. The summed E-state index contributed by atoms with van der Waals surface area (Å²) in [6.45, 7) is 6.57. The minimum atomic E-state index is -0.0563. The number of amides is 1. The molecule has 25 heavy (non-hydrogen) atoms. The van der Waals surface area contributed by atoms with Crippen molar-refractivity contribution in [3.63, 3.8) is 0 Å². The van der Waals surface area contributed by atoms with Crippen molar-refractivity contribution >= 4 is 11.7 Å². The van der Waals surface area contributed by atoms with E-state index in [1.807, 2.05) is 4.68 Å². The Morgan fingerprint density at radius 2 is 1.76 bits per heavy atom. The summed E-state index contributed by atoms with van der Waals surface area (Å²) in [7, 11) is 0. The summed E-state index contributed by atoms with van der Waals surface area (Å²) >= 11 is 0. The first-order valence-corrected chi connectivity index (χ1v) is 10.0. The van der Waals surface area contributed by atoms with E-state index < -0.39 is 0 Å². The van der Waals surface area contributed by atoms with Crippen LogP contribution in [0, 0.1) is 17.8 Å². The Morgan fingerprint density at radius 3 is 2.36 bits per heavy atom. The molecule has 136 valence electrons. The lowest BCUT2D eigenvalue weighted by molar-refractivity contribution is -0.0166. The van der Waals surface area contributed by atoms with Crippen LogP contribution in [0.3, 0.4) is 0 Å². The number of carbonyl (C=O) groups excluding carboxylic acids is 1. The van der Waals surface area contributed by atoms with Crippen molar-refractivity contribution in [3.8, 4) is 0 Å². The second kappa shape index (κ2) is 5.01. The molecule has 2 heterocycles. The fraction of sp³-hybridized carbons (Fsp3) is 0.800. The topological polar surface area (TPSA) is 59.0 Å². The predicted octanol–water partition coefficient (Wildman–Crippen LogP) is 3.52. The van der Waals surface area contributed by atoms with Gasteiger partial charge in [-0.25, -0.2) is 4.68 Å². The number of carbonyl (C=O) groups is 1. The van der Waals surface area contributed by atoms with Crippen LogP contribution in [0.2, 0.25) is 0 Å². The summed E-state index contributed by atoms with van der Waals surface area (Å²) in [6.07, 6.45) is 10.5. The van der Waals surface area contributed by atoms with Crippen LogP contribution in [0.1, 0.15) is 76.1 Å². The van der Waals surface area contributed by atoms with Crippen LogP contribution in [0.5, 0.6) is 0 Å². The molecule has 1 amide bonds. The molecule has 1 atom stereocenters. The lowest BCUT2D eigenvalue weighted by atomic mass is 9.53. The highest BCUT2D eigenvalue weighted by molar-refractivity contribution is 5.99. The Hall–Kier alpha value is -1.52. The van der Waals surface area contributed by atoms with Gasteiger partial charge in [0.2, 0.25) is 0 Å². The molecule has 1 aliphatic heterocycles. The molecular weight excluding hydrogens is 312 g/mol. The zero-order valence-electron chi connectivity index (χ0n) is 15.6. The third-order valence-corrected chi connectivity index (χ3v) is 7.19. The van der Waals surface area contributed by atoms with E-state index in [1.165, 1.54) is 38.5 Å². The summed E-state index contributed by atoms with van der Waals surface area (Å²) < 4.78 is 2.00. The molecule has 6 rings (SSSR count). The maximum Gasteiger partial charge on any atom is 0.257 e. The Morgan fingerprint density at radius 1 is 1.16 bits per heavy atom. The van der Waals surface area contributed by atoms with Crippen LogP contribution in [-0.2, 0) is 5.54 Å². The molecule has 4 bridgehead atoms. The molecule has 0 aromatic carbocycles. The van der Waals surface area contributed by atoms with E-state index in [9.17, 15) is 4.79 Å². The average molecular weight is 342 g/mol. The molecule has 2 N–H and O–H groups in total. The standard InChI is InChI=1S/C20H30N4O/c1-12-7-19(2,3)24-17(22-12)16(11-21-24)18(25)23-20-8-13-4-14(9-20)6-15(5-13)10-20/h11-15,22H,4-10H2,1-3H3,(H,23,25)/t12-,13?,14?,15?,20?/m0/s1. The summed E-state index contributed by atoms with van der Waals surface area (Å²) in [6, 6.07) is 0.352. The molecule has 1 aromatic rings. The second-order valence-electron chi connectivity index (χ2n) is 10.0. The molecular formula is C20H30N4O. The number of aromatic nitrogens is 2. The van der Waals surface area contributed by atoms with Crippen molar-refractivity contribution in [2.24, 2.45) is 17.8 Å². The highest BCUT2D eigenvalue weighted by atomic mass is 16.1. The van der Waals surface area contributed by atoms with Gasteiger partial charge in [-0.05, 0) is 83.5 Å². The van der Waals surface area contributed by atoms with Crippen LogP contribution in [0.4, 0.5) is 5.82 Å². The average Bonchev–Trinajstić information content (AvgIpc) is 2.88. The number of fused-ring (bicyclic) bond motifs is 1. The number of hydrogen-bond donors (Lipinski definition) is 2. The van der Waals surface area contributed by atoms with E-state index in [1.54, 1.807) is 6.20 Å². The first-order chi connectivity index (χ1) is 11.8. The van der Waals surface area contributed by atoms with E-state index in [0.29, 0.717) is 6.04 Å². The molecule has 5 heteroatoms. The molecule has 5 nitrogen and oxygen atoms in total. The summed E-state index contributed by atoms with van der Waals surface area (Å²) in [5, 5.41) is 11.5. The zero-order chi connectivity index (χ0) is 17.4. The lowest BCUT2D eigenvalue weighted by Crippen LogP contribution is -2.59. The van der Waals surface area contributed by atoms with Crippen molar-refractivity contribution in [2.75, 3.05) is 5.32 Å². The Balaban J connectivity index is 1.42. The molecule has 0 unspecified atom stereocenters. The minimum absolute atomic E-state index is 0.0520. The molecule has 0 spiro atoms. The number of rotatable bonds is 2. The van der Waals surface area contributed by atoms with Gasteiger partial charge in [0, 0.05) is 11.6 Å². The molecule has 0 radical (unpaired) electrons. The second-order valence-corrected chi connectivity index (χ2v) is 10.0. The number of hydrogen-bond acceptors (Lipinski definition) is 3. The molecule has 0 saturated heterocycles. The first-order valence-electron chi connectivity index (χ1n) is 10.0. The van der Waals surface area contributed by atoms with E-state index in [0.717, 1.165) is 35.6 Å². The molecule has 4 fully saturated rings. The maximum atomic E-state index is 13.2. The van der Waals surface area contributed by atoms with Gasteiger partial charge in [0.25, 0.3) is 5.91 Å². The van der Waals surface area contributed by atoms with E-state index >= 15 is 0 Å². The molecule has 4 aliphatic carbocycles. The van der Waals surface area contributed by atoms with Crippen molar-refractivity contribution in [3.05, 3.63) is 11.8 Å². The van der Waals surface area contributed by atoms with Crippen LogP contribution in [0.15, 0.2) is 6.20 Å². The van der Waals surface area contributed by atoms with Gasteiger partial charge in [0.1, 0.15) is 11.4 Å². The Bertz CT molecular complexity index is 684. The van der Waals surface area contributed by atoms with E-state index in [-0.39, 0.29) is 17.0 Å². The van der Waals surface area contributed by atoms with Gasteiger partial charge < -0.3 is 10.6 Å². The summed E-state index contributed by atoms with van der Waals surface area (Å²) in [5.41, 5.74) is 0.714. The van der Waals surface area contributed by atoms with Gasteiger partial charge in [-0.15, -0.1) is 0 Å². The van der Waals surface area contributed by atoms with E-state index in [2.05, 4.69) is 36.5 Å². The van der Waals surface area contributed by atoms with Crippen LogP contribution >= 0.6 is 0 Å². The third-order valence-electron chi connectivity index (χ3n) is 7.19. The van der Waals surface area contributed by atoms with Gasteiger partial charge in [0.05, 0.1) is 11.7 Å². The van der Waals surface area contributed by atoms with Crippen molar-refractivity contribution in [2.45, 2.75) is 82.8 Å². The van der Waals surface area contributed by atoms with Crippen LogP contribution in [-0.4, -0.2) is 27.3 Å². The molecule has 4 saturated carbocycles. The summed E-state index contributed by atoms with van der Waals surface area (Å²) in [5.74, 6) is 3.48. The first kappa shape index (κ1) is 15.7. The number of nitrogens with one attached hydrogen (secondary N) is 2. The monoisotopic (exact) mass is 342 g/mol. The Kier molecular flexibility index (Phi) is 3.15. The van der Waals surface area contributed by atoms with Gasteiger partial charge in [-0.2, -0.15) is 5.10 Å². The third kappa shape index (κ3) is 2.42. The van der Waals surface area contributed by atoms with Crippen LogP contribution < -0.4 is 10.6 Å². The Labute approximate surface area is 149 Å². The van der Waals surface area contributed by atoms with Crippen LogP contribution in [0.25, 0.3) is 0 Å². The zero-order valence-corrected chi connectivity index (χ0v) is 15.6. The maximum absolute atomic E-state index is 13.2. The van der Waals surface area contributed by atoms with Crippen molar-refractivity contribution in [1.29, 1.82) is 0 Å². The van der Waals surface area contributed by atoms with Gasteiger partial charge in [-0.3, -0.25) is 4.79 Å². The molecule has 5 aliphatic rings. The predicted molar refractivity (Wildman–Crippen MR) is 97.6 cm³/mol. The van der Waals surface area contributed by atoms with Gasteiger partial charge in [-0.1, -0.05) is 0 Å². The van der Waals surface area contributed by atoms with Crippen molar-refractivity contribution < 1.29 is 4.79 Å². The fourth-order valence-electron chi connectivity index (χ4n) is 6.80. The highest BCUT2D eigenvalue weighted by Gasteiger charge is 2.51. The number of nitrogens with zero attached hydrogens (tertiary/aromatic N) is 2. The SMILES string of the molecule is C[C@H]1CC(C)(C)n2ncc(C(=O)NC34CC5CC(CC(C5)C3)C4)c2N1. The summed E-state index contributed by atoms with van der Waals surface area (Å²) in [4.78, 5) is 13.2. The van der Waals surface area contributed by atoms with Gasteiger partial charge in [0.15, 0.2) is 0 Å². The molecule has 1 aromatic heterocycles. The quantitative estimate of drug-likeness (QED) is 0.864. The highest BCUT2D eigenvalue weighted by Crippen LogP contribution is 2.55. The smallest absolute Gasteiger partial charge is 0.257 e. The fourth-order valence-corrected chi connectivity index (χ4v) is 6.80. The number of anilines is 1. The van der Waals surface area contributed by atoms with Crippen molar-refractivity contribution in [1.82, 2.24) is 15.1 Å². The normalized spacial score (nSPS) is 40.4.